The van der Waals surface area contributed by atoms with Gasteiger partial charge in [-0.1, -0.05) is 0 Å². The molecule has 0 aromatic carbocycles. The lowest BCUT2D eigenvalue weighted by Crippen LogP contribution is -1.72. The highest BCUT2D eigenvalue weighted by atomic mass is 32.2. The second kappa shape index (κ2) is 2.90. The fraction of sp³-hybridized carbons (Fsp3) is 0.333. The van der Waals surface area contributed by atoms with E-state index in [1.165, 1.54) is 11.7 Å². The van der Waals surface area contributed by atoms with Crippen LogP contribution in [0.5, 0.6) is 0 Å². The molecule has 0 aromatic rings. The fourth-order valence-corrected chi connectivity index (χ4v) is 0.257. The van der Waals surface area contributed by atoms with Gasteiger partial charge < -0.3 is 5.11 Å². The largest absolute Gasteiger partial charge is 0.515 e. The summed E-state index contributed by atoms with van der Waals surface area (Å²) in [6.07, 6.45) is 2.25. The lowest BCUT2D eigenvalue weighted by atomic mass is 11.2. The molecule has 3 heteroatoms. The van der Waals surface area contributed by atoms with Crippen LogP contribution >= 0.6 is 0 Å². The summed E-state index contributed by atoms with van der Waals surface area (Å²) in [6, 6.07) is 0. The normalized spacial score (nSPS) is 15.5. The number of hydrogen-bond acceptors (Lipinski definition) is 2. The van der Waals surface area contributed by atoms with Gasteiger partial charge in [0.2, 0.25) is 0 Å². The van der Waals surface area contributed by atoms with Crippen molar-refractivity contribution in [1.82, 2.24) is 0 Å². The number of hydrogen-bond donors (Lipinski definition) is 1. The molecule has 0 aliphatic heterocycles. The third kappa shape index (κ3) is 3.69. The molecule has 0 aromatic heterocycles. The second-order valence-corrected chi connectivity index (χ2v) is 2.05. The van der Waals surface area contributed by atoms with Crippen molar-refractivity contribution in [3.8, 4) is 0 Å². The first kappa shape index (κ1) is 5.69. The van der Waals surface area contributed by atoms with Gasteiger partial charge in [0.05, 0.1) is 6.26 Å². The smallest absolute Gasteiger partial charge is 0.0879 e. The van der Waals surface area contributed by atoms with Crippen LogP contribution < -0.4 is 0 Å². The number of aliphatic hydroxyl groups is 1. The van der Waals surface area contributed by atoms with Crippen LogP contribution in [0.15, 0.2) is 11.7 Å². The van der Waals surface area contributed by atoms with Gasteiger partial charge in [-0.3, -0.25) is 4.21 Å². The van der Waals surface area contributed by atoms with Crippen LogP contribution in [-0.2, 0) is 10.8 Å². The van der Waals surface area contributed by atoms with Gasteiger partial charge in [-0.2, -0.15) is 0 Å². The monoisotopic (exact) mass is 106 g/mol. The van der Waals surface area contributed by atoms with E-state index in [0.717, 1.165) is 6.26 Å². The number of rotatable bonds is 1. The van der Waals surface area contributed by atoms with Crippen LogP contribution in [-0.4, -0.2) is 15.6 Å². The maximum atomic E-state index is 9.91. The fourth-order valence-electron chi connectivity index (χ4n) is 0.0857. The van der Waals surface area contributed by atoms with Gasteiger partial charge in [-0.15, -0.1) is 0 Å². The van der Waals surface area contributed by atoms with Crippen LogP contribution in [0, 0.1) is 0 Å². The molecule has 0 heterocycles. The predicted molar refractivity (Wildman–Crippen MR) is 25.8 cm³/mol. The van der Waals surface area contributed by atoms with E-state index in [2.05, 4.69) is 0 Å². The van der Waals surface area contributed by atoms with Crippen molar-refractivity contribution in [2.75, 3.05) is 6.26 Å². The summed E-state index contributed by atoms with van der Waals surface area (Å²) in [7, 11) is -0.996. The highest BCUT2D eigenvalue weighted by molar-refractivity contribution is 7.87. The summed E-state index contributed by atoms with van der Waals surface area (Å²) < 4.78 is 9.91. The summed E-state index contributed by atoms with van der Waals surface area (Å²) in [5.74, 6) is 0. The molecule has 0 fully saturated rings. The average molecular weight is 106 g/mol. The van der Waals surface area contributed by atoms with Crippen LogP contribution in [0.25, 0.3) is 0 Å². The molecule has 6 heavy (non-hydrogen) atoms. The SMILES string of the molecule is CS(=O)C=CO. The molecule has 0 amide bonds. The summed E-state index contributed by atoms with van der Waals surface area (Å²) in [5.41, 5.74) is 0. The van der Waals surface area contributed by atoms with Crippen molar-refractivity contribution >= 4 is 10.8 Å². The first-order valence-corrected chi connectivity index (χ1v) is 3.02. The maximum Gasteiger partial charge on any atom is 0.0879 e. The van der Waals surface area contributed by atoms with Crippen molar-refractivity contribution in [1.29, 1.82) is 0 Å². The minimum atomic E-state index is -0.996. The Balaban J connectivity index is 3.30. The zero-order chi connectivity index (χ0) is 4.99. The topological polar surface area (TPSA) is 37.3 Å². The van der Waals surface area contributed by atoms with E-state index in [1.54, 1.807) is 0 Å². The Morgan fingerprint density at radius 2 is 2.33 bits per heavy atom. The maximum absolute atomic E-state index is 9.91. The molecule has 0 saturated carbocycles. The lowest BCUT2D eigenvalue weighted by Gasteiger charge is -1.70. The molecule has 0 spiro atoms. The second-order valence-electron chi connectivity index (χ2n) is 0.784. The van der Waals surface area contributed by atoms with Crippen LogP contribution in [0.1, 0.15) is 0 Å². The van der Waals surface area contributed by atoms with Gasteiger partial charge >= 0.3 is 0 Å². The lowest BCUT2D eigenvalue weighted by molar-refractivity contribution is 0.475. The molecular formula is C3H6O2S. The van der Waals surface area contributed by atoms with Gasteiger partial charge in [0.1, 0.15) is 0 Å². The molecule has 0 aliphatic carbocycles. The van der Waals surface area contributed by atoms with Crippen LogP contribution in [0.3, 0.4) is 0 Å². The Bertz CT molecular complexity index is 76.9. The van der Waals surface area contributed by atoms with E-state index in [0.29, 0.717) is 0 Å². The van der Waals surface area contributed by atoms with Crippen molar-refractivity contribution in [3.05, 3.63) is 11.7 Å². The highest BCUT2D eigenvalue weighted by Gasteiger charge is 1.70. The molecule has 0 rings (SSSR count). The molecule has 1 atom stereocenters. The number of aliphatic hydroxyl groups excluding tert-OH is 1. The molecule has 1 unspecified atom stereocenters. The van der Waals surface area contributed by atoms with E-state index < -0.39 is 10.8 Å². The Morgan fingerprint density at radius 3 is 2.33 bits per heavy atom. The van der Waals surface area contributed by atoms with Crippen molar-refractivity contribution in [2.45, 2.75) is 0 Å². The van der Waals surface area contributed by atoms with Gasteiger partial charge in [0, 0.05) is 22.5 Å². The van der Waals surface area contributed by atoms with Crippen molar-refractivity contribution in [2.24, 2.45) is 0 Å². The summed E-state index contributed by atoms with van der Waals surface area (Å²) in [4.78, 5) is 0. The van der Waals surface area contributed by atoms with Crippen molar-refractivity contribution in [3.63, 3.8) is 0 Å². The van der Waals surface area contributed by atoms with Gasteiger partial charge in [0.25, 0.3) is 0 Å². The minimum Gasteiger partial charge on any atom is -0.515 e. The molecule has 1 N–H and O–H groups in total. The van der Waals surface area contributed by atoms with Crippen molar-refractivity contribution < 1.29 is 9.32 Å². The molecule has 2 nitrogen and oxygen atoms in total. The molecular weight excluding hydrogens is 100 g/mol. The third-order valence-electron chi connectivity index (χ3n) is 0.252. The van der Waals surface area contributed by atoms with E-state index in [1.807, 2.05) is 0 Å². The highest BCUT2D eigenvalue weighted by Crippen LogP contribution is 1.70. The first-order chi connectivity index (χ1) is 2.77. The van der Waals surface area contributed by atoms with E-state index in [4.69, 9.17) is 5.11 Å². The molecule has 0 saturated heterocycles. The summed E-state index contributed by atoms with van der Waals surface area (Å²) in [6.45, 7) is 0. The summed E-state index contributed by atoms with van der Waals surface area (Å²) in [5, 5.41) is 9.06. The first-order valence-electron chi connectivity index (χ1n) is 1.40. The minimum absolute atomic E-state index is 0.774. The Labute approximate surface area is 38.9 Å². The zero-order valence-electron chi connectivity index (χ0n) is 3.42. The van der Waals surface area contributed by atoms with E-state index in [9.17, 15) is 4.21 Å². The Kier molecular flexibility index (Phi) is 2.75. The summed E-state index contributed by atoms with van der Waals surface area (Å²) >= 11 is 0. The quantitative estimate of drug-likeness (QED) is 0.491. The molecule has 36 valence electrons. The average Bonchev–Trinajstić information content (AvgIpc) is 1.35. The zero-order valence-corrected chi connectivity index (χ0v) is 4.23. The van der Waals surface area contributed by atoms with Gasteiger partial charge in [-0.25, -0.2) is 0 Å². The standard InChI is InChI=1S/C3H6O2S/c1-6(5)3-2-4/h2-4H,1H3. The third-order valence-corrected chi connectivity index (χ3v) is 0.757. The van der Waals surface area contributed by atoms with Gasteiger partial charge in [0.15, 0.2) is 0 Å². The molecule has 0 radical (unpaired) electrons. The Morgan fingerprint density at radius 1 is 1.83 bits per heavy atom. The van der Waals surface area contributed by atoms with Gasteiger partial charge in [-0.05, 0) is 0 Å². The molecule has 0 bridgehead atoms. The van der Waals surface area contributed by atoms with E-state index >= 15 is 0 Å². The predicted octanol–water partition coefficient (Wildman–Crippen LogP) is 0.394. The Hall–Kier alpha value is -0.310. The van der Waals surface area contributed by atoms with Crippen LogP contribution in [0.4, 0.5) is 0 Å². The van der Waals surface area contributed by atoms with Crippen LogP contribution in [0.2, 0.25) is 0 Å². The molecule has 0 aliphatic rings. The van der Waals surface area contributed by atoms with E-state index in [-0.39, 0.29) is 0 Å².